The second-order valence-corrected chi connectivity index (χ2v) is 9.08. The van der Waals surface area contributed by atoms with Crippen molar-refractivity contribution in [2.75, 3.05) is 6.61 Å². The molecular weight excluding hydrogens is 414 g/mol. The molecule has 0 amide bonds. The van der Waals surface area contributed by atoms with Crippen molar-refractivity contribution in [3.63, 3.8) is 0 Å². The van der Waals surface area contributed by atoms with Gasteiger partial charge in [0.1, 0.15) is 0 Å². The predicted octanol–water partition coefficient (Wildman–Crippen LogP) is 5.85. The molecule has 2 nitrogen and oxygen atoms in total. The number of fused-ring (bicyclic) bond motifs is 1. The Morgan fingerprint density at radius 3 is 1.81 bits per heavy atom. The average Bonchev–Trinajstić information content (AvgIpc) is 2.73. The minimum absolute atomic E-state index is 0.104. The minimum atomic E-state index is -0.570. The topological polar surface area (TPSA) is 29.5 Å². The predicted molar refractivity (Wildman–Crippen MR) is 107 cm³/mol. The molecule has 0 spiro atoms. The fraction of sp³-hybridized carbons (Fsp3) is 0.400. The molecule has 1 N–H and O–H groups in total. The van der Waals surface area contributed by atoms with Gasteiger partial charge in [-0.1, -0.05) is 58.5 Å². The Morgan fingerprint density at radius 2 is 1.46 bits per heavy atom. The summed E-state index contributed by atoms with van der Waals surface area (Å²) in [7, 11) is 0. The van der Waals surface area contributed by atoms with E-state index in [9.17, 15) is 5.11 Å². The molecule has 4 rings (SSSR count). The van der Waals surface area contributed by atoms with E-state index in [1.165, 1.54) is 0 Å². The maximum absolute atomic E-state index is 11.1. The van der Waals surface area contributed by atoms with E-state index in [0.29, 0.717) is 45.5 Å². The lowest BCUT2D eigenvalue weighted by atomic mass is 9.73. The smallest absolute Gasteiger partial charge is 0.0890 e. The van der Waals surface area contributed by atoms with E-state index in [0.717, 1.165) is 17.5 Å². The van der Waals surface area contributed by atoms with Crippen molar-refractivity contribution in [1.82, 2.24) is 0 Å². The molecule has 2 aliphatic rings. The molecule has 0 radical (unpaired) electrons. The maximum atomic E-state index is 11.1. The zero-order valence-corrected chi connectivity index (χ0v) is 16.9. The fourth-order valence-corrected chi connectivity index (χ4v) is 5.31. The van der Waals surface area contributed by atoms with Crippen LogP contribution in [0.5, 0.6) is 0 Å². The van der Waals surface area contributed by atoms with Crippen LogP contribution >= 0.6 is 46.4 Å². The molecule has 2 fully saturated rings. The third-order valence-corrected chi connectivity index (χ3v) is 6.86. The van der Waals surface area contributed by atoms with E-state index in [-0.39, 0.29) is 11.5 Å². The summed E-state index contributed by atoms with van der Waals surface area (Å²) in [5.41, 5.74) is 1.56. The maximum Gasteiger partial charge on any atom is 0.0890 e. The molecule has 138 valence electrons. The molecule has 0 bridgehead atoms. The summed E-state index contributed by atoms with van der Waals surface area (Å²) in [5.74, 6) is 0.377. The third kappa shape index (κ3) is 3.37. The fourth-order valence-electron chi connectivity index (χ4n) is 4.36. The standard InChI is InChI=1S/C20H18Cl4O2/c21-14-3-1-11(16(23)5-14)7-20(9-13-10-26-18(13)19(20)25)8-12-2-4-15(22)6-17(12)24/h1-6,13,18-19,25H,7-10H2/t13?,18-,19-/m1/s1. The van der Waals surface area contributed by atoms with Crippen molar-refractivity contribution in [3.05, 3.63) is 67.6 Å². The lowest BCUT2D eigenvalue weighted by Gasteiger charge is -2.36. The first-order valence-electron chi connectivity index (χ1n) is 8.55. The van der Waals surface area contributed by atoms with Crippen LogP contribution in [0.15, 0.2) is 36.4 Å². The highest BCUT2D eigenvalue weighted by Gasteiger charge is 2.57. The van der Waals surface area contributed by atoms with Crippen molar-refractivity contribution in [2.45, 2.75) is 31.5 Å². The van der Waals surface area contributed by atoms with E-state index in [4.69, 9.17) is 51.1 Å². The van der Waals surface area contributed by atoms with Crippen molar-refractivity contribution in [2.24, 2.45) is 11.3 Å². The van der Waals surface area contributed by atoms with Crippen molar-refractivity contribution in [3.8, 4) is 0 Å². The van der Waals surface area contributed by atoms with Gasteiger partial charge in [0, 0.05) is 31.4 Å². The van der Waals surface area contributed by atoms with E-state index in [1.54, 1.807) is 12.1 Å². The summed E-state index contributed by atoms with van der Waals surface area (Å²) >= 11 is 24.9. The van der Waals surface area contributed by atoms with Crippen LogP contribution in [0.4, 0.5) is 0 Å². The van der Waals surface area contributed by atoms with E-state index >= 15 is 0 Å². The van der Waals surface area contributed by atoms with Gasteiger partial charge in [-0.3, -0.25) is 0 Å². The summed E-state index contributed by atoms with van der Waals surface area (Å²) in [6.45, 7) is 0.701. The Hall–Kier alpha value is -0.480. The lowest BCUT2D eigenvalue weighted by molar-refractivity contribution is -0.144. The molecular formula is C20H18Cl4O2. The van der Waals surface area contributed by atoms with E-state index < -0.39 is 6.10 Å². The van der Waals surface area contributed by atoms with Gasteiger partial charge in [-0.05, 0) is 54.7 Å². The van der Waals surface area contributed by atoms with Crippen LogP contribution in [-0.2, 0) is 17.6 Å². The molecule has 2 aromatic carbocycles. The van der Waals surface area contributed by atoms with Gasteiger partial charge < -0.3 is 9.84 Å². The van der Waals surface area contributed by atoms with Crippen molar-refractivity contribution < 1.29 is 9.84 Å². The highest BCUT2D eigenvalue weighted by atomic mass is 35.5. The summed E-state index contributed by atoms with van der Waals surface area (Å²) in [6.07, 6.45) is 1.47. The van der Waals surface area contributed by atoms with Gasteiger partial charge >= 0.3 is 0 Å². The van der Waals surface area contributed by atoms with Gasteiger partial charge in [0.05, 0.1) is 18.8 Å². The molecule has 3 atom stereocenters. The van der Waals surface area contributed by atoms with Crippen molar-refractivity contribution in [1.29, 1.82) is 0 Å². The monoisotopic (exact) mass is 430 g/mol. The zero-order chi connectivity index (χ0) is 18.5. The van der Waals surface area contributed by atoms with Crippen LogP contribution in [0.3, 0.4) is 0 Å². The van der Waals surface area contributed by atoms with Crippen LogP contribution in [0.2, 0.25) is 20.1 Å². The van der Waals surface area contributed by atoms with Crippen LogP contribution in [0, 0.1) is 11.3 Å². The summed E-state index contributed by atoms with van der Waals surface area (Å²) < 4.78 is 5.64. The molecule has 1 saturated heterocycles. The molecule has 1 unspecified atom stereocenters. The minimum Gasteiger partial charge on any atom is -0.390 e. The first-order chi connectivity index (χ1) is 12.4. The van der Waals surface area contributed by atoms with Crippen LogP contribution in [-0.4, -0.2) is 23.9 Å². The number of rotatable bonds is 4. The number of benzene rings is 2. The summed E-state index contributed by atoms with van der Waals surface area (Å²) in [4.78, 5) is 0. The molecule has 6 heteroatoms. The first kappa shape index (κ1) is 18.9. The number of aliphatic hydroxyl groups is 1. The number of ether oxygens (including phenoxy) is 1. The van der Waals surface area contributed by atoms with Gasteiger partial charge in [-0.15, -0.1) is 0 Å². The van der Waals surface area contributed by atoms with Gasteiger partial charge in [0.25, 0.3) is 0 Å². The van der Waals surface area contributed by atoms with E-state index in [2.05, 4.69) is 0 Å². The second-order valence-electron chi connectivity index (χ2n) is 7.39. The Morgan fingerprint density at radius 1 is 0.923 bits per heavy atom. The number of hydrogen-bond acceptors (Lipinski definition) is 2. The third-order valence-electron chi connectivity index (χ3n) is 5.69. The Bertz CT molecular complexity index is 785. The van der Waals surface area contributed by atoms with Crippen LogP contribution < -0.4 is 0 Å². The Labute approximate surface area is 173 Å². The van der Waals surface area contributed by atoms with Crippen molar-refractivity contribution >= 4 is 46.4 Å². The molecule has 26 heavy (non-hydrogen) atoms. The molecule has 2 aromatic rings. The molecule has 0 aromatic heterocycles. The van der Waals surface area contributed by atoms with E-state index in [1.807, 2.05) is 24.3 Å². The van der Waals surface area contributed by atoms with Crippen LogP contribution in [0.25, 0.3) is 0 Å². The first-order valence-corrected chi connectivity index (χ1v) is 10.1. The summed E-state index contributed by atoms with van der Waals surface area (Å²) in [6, 6.07) is 11.0. The number of halogens is 4. The highest BCUT2D eigenvalue weighted by molar-refractivity contribution is 6.35. The number of aliphatic hydroxyl groups excluding tert-OH is 1. The van der Waals surface area contributed by atoms with Gasteiger partial charge in [0.15, 0.2) is 0 Å². The highest BCUT2D eigenvalue weighted by Crippen LogP contribution is 2.52. The lowest BCUT2D eigenvalue weighted by Crippen LogP contribution is -2.45. The normalized spacial score (nSPS) is 26.4. The van der Waals surface area contributed by atoms with Gasteiger partial charge in [0.2, 0.25) is 0 Å². The Balaban J connectivity index is 1.70. The zero-order valence-electron chi connectivity index (χ0n) is 13.9. The quantitative estimate of drug-likeness (QED) is 0.657. The second kappa shape index (κ2) is 7.16. The number of hydrogen-bond donors (Lipinski definition) is 1. The van der Waals surface area contributed by atoms with Gasteiger partial charge in [-0.2, -0.15) is 0 Å². The molecule has 1 aliphatic heterocycles. The summed E-state index contributed by atoms with van der Waals surface area (Å²) in [5, 5.41) is 13.5. The van der Waals surface area contributed by atoms with Gasteiger partial charge in [-0.25, -0.2) is 0 Å². The largest absolute Gasteiger partial charge is 0.390 e. The van der Waals surface area contributed by atoms with Crippen LogP contribution in [0.1, 0.15) is 17.5 Å². The SMILES string of the molecule is O[C@@H]1[C@@H]2OCC2CC1(Cc1ccc(Cl)cc1Cl)Cc1ccc(Cl)cc1Cl. The average molecular weight is 432 g/mol. The molecule has 1 heterocycles. The molecule has 1 saturated carbocycles. The Kier molecular flexibility index (Phi) is 5.20. The molecule has 1 aliphatic carbocycles.